The van der Waals surface area contributed by atoms with Crippen LogP contribution >= 0.6 is 0 Å². The molecule has 0 unspecified atom stereocenters. The first-order valence-electron chi connectivity index (χ1n) is 3.73. The third-order valence-electron chi connectivity index (χ3n) is 1.70. The number of carbonyl (C=O) groups is 1. The minimum absolute atomic E-state index is 0.391. The van der Waals surface area contributed by atoms with Crippen molar-refractivity contribution in [3.8, 4) is 0 Å². The van der Waals surface area contributed by atoms with Gasteiger partial charge in [-0.1, -0.05) is 0 Å². The molecule has 1 heterocycles. The number of esters is 1. The molecule has 0 aliphatic heterocycles. The maximum absolute atomic E-state index is 11.2. The summed E-state index contributed by atoms with van der Waals surface area (Å²) in [4.78, 5) is 19.0. The summed E-state index contributed by atoms with van der Waals surface area (Å²) in [7, 11) is 1.28. The van der Waals surface area contributed by atoms with Crippen LogP contribution < -0.4 is 5.73 Å². The molecule has 0 spiro atoms. The molecule has 0 saturated heterocycles. The van der Waals surface area contributed by atoms with Crippen molar-refractivity contribution in [1.29, 1.82) is 0 Å². The van der Waals surface area contributed by atoms with Gasteiger partial charge in [-0.15, -0.1) is 0 Å². The van der Waals surface area contributed by atoms with E-state index >= 15 is 0 Å². The van der Waals surface area contributed by atoms with E-state index in [2.05, 4.69) is 14.7 Å². The minimum atomic E-state index is -1.23. The minimum Gasteiger partial charge on any atom is -0.467 e. The Morgan fingerprint density at radius 2 is 2.31 bits per heavy atom. The highest BCUT2D eigenvalue weighted by Crippen LogP contribution is 2.14. The van der Waals surface area contributed by atoms with E-state index in [1.807, 2.05) is 0 Å². The largest absolute Gasteiger partial charge is 0.467 e. The van der Waals surface area contributed by atoms with E-state index in [4.69, 9.17) is 5.73 Å². The summed E-state index contributed by atoms with van der Waals surface area (Å²) in [5, 5.41) is 0. The molecule has 2 N–H and O–H groups in total. The molecule has 5 nitrogen and oxygen atoms in total. The molecule has 1 aromatic rings. The van der Waals surface area contributed by atoms with Crippen LogP contribution in [0.5, 0.6) is 0 Å². The second-order valence-electron chi connectivity index (χ2n) is 2.78. The molecule has 0 radical (unpaired) electrons. The molecular weight excluding hydrogens is 170 g/mol. The van der Waals surface area contributed by atoms with Crippen molar-refractivity contribution >= 4 is 5.97 Å². The Kier molecular flexibility index (Phi) is 2.57. The highest BCUT2D eigenvalue weighted by molar-refractivity contribution is 5.80. The van der Waals surface area contributed by atoms with Crippen molar-refractivity contribution in [3.05, 3.63) is 24.3 Å². The van der Waals surface area contributed by atoms with Crippen molar-refractivity contribution in [1.82, 2.24) is 9.97 Å². The second-order valence-corrected chi connectivity index (χ2v) is 2.78. The third-order valence-corrected chi connectivity index (χ3v) is 1.70. The van der Waals surface area contributed by atoms with Crippen molar-refractivity contribution in [2.24, 2.45) is 5.73 Å². The standard InChI is InChI=1S/C8H11N3O2/c1-8(9,7(12)13-2)6-5-10-3-4-11-6/h3-5H,9H2,1-2H3/t8-/m0/s1. The van der Waals surface area contributed by atoms with E-state index in [1.54, 1.807) is 0 Å². The van der Waals surface area contributed by atoms with E-state index in [9.17, 15) is 4.79 Å². The number of hydrogen-bond donors (Lipinski definition) is 1. The summed E-state index contributed by atoms with van der Waals surface area (Å²) in [5.41, 5.74) is 4.87. The van der Waals surface area contributed by atoms with Crippen molar-refractivity contribution in [2.75, 3.05) is 7.11 Å². The van der Waals surface area contributed by atoms with E-state index in [1.165, 1.54) is 32.6 Å². The molecule has 1 rings (SSSR count). The van der Waals surface area contributed by atoms with Gasteiger partial charge in [-0.2, -0.15) is 0 Å². The molecular formula is C8H11N3O2. The Balaban J connectivity index is 3.00. The number of nitrogens with zero attached hydrogens (tertiary/aromatic N) is 2. The Hall–Kier alpha value is -1.49. The molecule has 0 amide bonds. The average Bonchev–Trinajstić information content (AvgIpc) is 2.18. The van der Waals surface area contributed by atoms with Crippen LogP contribution in [-0.2, 0) is 15.1 Å². The summed E-state index contributed by atoms with van der Waals surface area (Å²) >= 11 is 0. The van der Waals surface area contributed by atoms with Crippen molar-refractivity contribution < 1.29 is 9.53 Å². The van der Waals surface area contributed by atoms with Crippen LogP contribution in [0.25, 0.3) is 0 Å². The maximum atomic E-state index is 11.2. The molecule has 1 atom stereocenters. The lowest BCUT2D eigenvalue weighted by Gasteiger charge is -2.19. The van der Waals surface area contributed by atoms with Gasteiger partial charge in [0.2, 0.25) is 0 Å². The van der Waals surface area contributed by atoms with Crippen LogP contribution in [0.4, 0.5) is 0 Å². The van der Waals surface area contributed by atoms with Crippen LogP contribution in [0.2, 0.25) is 0 Å². The Bertz CT molecular complexity index is 298. The predicted molar refractivity (Wildman–Crippen MR) is 45.6 cm³/mol. The first-order valence-corrected chi connectivity index (χ1v) is 3.73. The molecule has 70 valence electrons. The van der Waals surface area contributed by atoms with Gasteiger partial charge in [-0.05, 0) is 6.92 Å². The zero-order valence-electron chi connectivity index (χ0n) is 7.52. The number of aromatic nitrogens is 2. The fraction of sp³-hybridized carbons (Fsp3) is 0.375. The number of nitrogens with two attached hydrogens (primary N) is 1. The van der Waals surface area contributed by atoms with Gasteiger partial charge in [0.05, 0.1) is 19.0 Å². The average molecular weight is 181 g/mol. The van der Waals surface area contributed by atoms with Crippen LogP contribution in [0, 0.1) is 0 Å². The lowest BCUT2D eigenvalue weighted by atomic mass is 10.0. The lowest BCUT2D eigenvalue weighted by molar-refractivity contribution is -0.146. The van der Waals surface area contributed by atoms with Gasteiger partial charge >= 0.3 is 5.97 Å². The van der Waals surface area contributed by atoms with E-state index in [0.717, 1.165) is 0 Å². The summed E-state index contributed by atoms with van der Waals surface area (Å²) in [6.07, 6.45) is 4.43. The summed E-state index contributed by atoms with van der Waals surface area (Å²) < 4.78 is 4.54. The van der Waals surface area contributed by atoms with Gasteiger partial charge in [0.1, 0.15) is 0 Å². The maximum Gasteiger partial charge on any atom is 0.331 e. The highest BCUT2D eigenvalue weighted by Gasteiger charge is 2.33. The molecule has 13 heavy (non-hydrogen) atoms. The highest BCUT2D eigenvalue weighted by atomic mass is 16.5. The number of methoxy groups -OCH3 is 1. The molecule has 0 fully saturated rings. The monoisotopic (exact) mass is 181 g/mol. The zero-order chi connectivity index (χ0) is 9.90. The normalized spacial score (nSPS) is 14.7. The zero-order valence-corrected chi connectivity index (χ0v) is 7.52. The van der Waals surface area contributed by atoms with Gasteiger partial charge < -0.3 is 10.5 Å². The van der Waals surface area contributed by atoms with Crippen LogP contribution in [0.3, 0.4) is 0 Å². The molecule has 0 bridgehead atoms. The van der Waals surface area contributed by atoms with E-state index in [0.29, 0.717) is 5.69 Å². The van der Waals surface area contributed by atoms with Gasteiger partial charge in [0.25, 0.3) is 0 Å². The fourth-order valence-corrected chi connectivity index (χ4v) is 0.884. The second kappa shape index (κ2) is 3.49. The Morgan fingerprint density at radius 1 is 1.62 bits per heavy atom. The lowest BCUT2D eigenvalue weighted by Crippen LogP contribution is -2.43. The molecule has 0 aromatic carbocycles. The van der Waals surface area contributed by atoms with E-state index < -0.39 is 11.5 Å². The SMILES string of the molecule is COC(=O)[C@@](C)(N)c1cnccn1. The summed E-state index contributed by atoms with van der Waals surface area (Å²) in [6, 6.07) is 0. The number of carbonyl (C=O) groups excluding carboxylic acids is 1. The number of hydrogen-bond acceptors (Lipinski definition) is 5. The molecule has 0 aliphatic rings. The van der Waals surface area contributed by atoms with Gasteiger partial charge in [-0.3, -0.25) is 9.97 Å². The quantitative estimate of drug-likeness (QED) is 0.640. The molecule has 5 heteroatoms. The number of rotatable bonds is 2. The first-order chi connectivity index (χ1) is 6.09. The number of ether oxygens (including phenoxy) is 1. The molecule has 1 aromatic heterocycles. The Morgan fingerprint density at radius 3 is 2.77 bits per heavy atom. The Labute approximate surface area is 75.9 Å². The van der Waals surface area contributed by atoms with Crippen LogP contribution in [0.1, 0.15) is 12.6 Å². The van der Waals surface area contributed by atoms with Gasteiger partial charge in [0.15, 0.2) is 5.54 Å². The van der Waals surface area contributed by atoms with Crippen molar-refractivity contribution in [3.63, 3.8) is 0 Å². The van der Waals surface area contributed by atoms with Crippen LogP contribution in [0.15, 0.2) is 18.6 Å². The summed E-state index contributed by atoms with van der Waals surface area (Å²) in [6.45, 7) is 1.53. The topological polar surface area (TPSA) is 78.1 Å². The fourth-order valence-electron chi connectivity index (χ4n) is 0.884. The third kappa shape index (κ3) is 1.81. The first kappa shape index (κ1) is 9.60. The van der Waals surface area contributed by atoms with Crippen LogP contribution in [-0.4, -0.2) is 23.0 Å². The molecule has 0 saturated carbocycles. The van der Waals surface area contributed by atoms with Gasteiger partial charge in [0, 0.05) is 12.4 Å². The molecule has 0 aliphatic carbocycles. The predicted octanol–water partition coefficient (Wildman–Crippen LogP) is -0.177. The summed E-state index contributed by atoms with van der Waals surface area (Å²) in [5.74, 6) is -0.534. The van der Waals surface area contributed by atoms with Gasteiger partial charge in [-0.25, -0.2) is 4.79 Å². The smallest absolute Gasteiger partial charge is 0.331 e. The van der Waals surface area contributed by atoms with E-state index in [-0.39, 0.29) is 0 Å². The van der Waals surface area contributed by atoms with Crippen molar-refractivity contribution in [2.45, 2.75) is 12.5 Å².